The molecule has 0 N–H and O–H groups in total. The number of thioether (sulfide) groups is 1. The zero-order chi connectivity index (χ0) is 12.9. The summed E-state index contributed by atoms with van der Waals surface area (Å²) in [4.78, 5) is 11.7. The fourth-order valence-electron chi connectivity index (χ4n) is 1.07. The molecule has 1 rings (SSSR count). The number of carbonyl (C=O) groups excluding carboxylic acids is 1. The Balaban J connectivity index is 2.59. The average Bonchev–Trinajstić information content (AvgIpc) is 2.26. The lowest BCUT2D eigenvalue weighted by atomic mass is 10.2. The second kappa shape index (κ2) is 5.95. The van der Waals surface area contributed by atoms with Gasteiger partial charge in [-0.3, -0.25) is 0 Å². The van der Waals surface area contributed by atoms with Gasteiger partial charge in [0, 0.05) is 4.90 Å². The Morgan fingerprint density at radius 3 is 2.35 bits per heavy atom. The molecule has 1 aromatic carbocycles. The molecular weight excluding hydrogens is 253 g/mol. The van der Waals surface area contributed by atoms with Gasteiger partial charge in [-0.2, -0.15) is 13.2 Å². The zero-order valence-corrected chi connectivity index (χ0v) is 9.90. The molecule has 0 heterocycles. The first-order valence-corrected chi connectivity index (χ1v) is 5.87. The largest absolute Gasteiger partial charge is 0.462 e. The van der Waals surface area contributed by atoms with Gasteiger partial charge in [-0.25, -0.2) is 4.79 Å². The van der Waals surface area contributed by atoms with Crippen LogP contribution in [-0.2, 0) is 4.74 Å². The lowest BCUT2D eigenvalue weighted by Crippen LogP contribution is -2.10. The van der Waals surface area contributed by atoms with Crippen molar-refractivity contribution in [2.45, 2.75) is 18.0 Å². The minimum atomic E-state index is -4.19. The van der Waals surface area contributed by atoms with Crippen molar-refractivity contribution in [2.75, 3.05) is 12.4 Å². The summed E-state index contributed by atoms with van der Waals surface area (Å²) in [5, 5.41) is 0. The highest BCUT2D eigenvalue weighted by Crippen LogP contribution is 2.27. The fraction of sp³-hybridized carbons (Fsp3) is 0.364. The summed E-state index contributed by atoms with van der Waals surface area (Å²) in [6.07, 6.45) is -4.19. The molecular formula is C11H11F3O2S. The number of esters is 1. The predicted octanol–water partition coefficient (Wildman–Crippen LogP) is 3.52. The van der Waals surface area contributed by atoms with Gasteiger partial charge in [0.1, 0.15) is 0 Å². The number of benzene rings is 1. The molecule has 0 saturated carbocycles. The Kier molecular flexibility index (Phi) is 4.86. The van der Waals surface area contributed by atoms with E-state index in [1.54, 1.807) is 6.92 Å². The van der Waals surface area contributed by atoms with E-state index < -0.39 is 17.9 Å². The molecule has 0 fully saturated rings. The maximum absolute atomic E-state index is 12.0. The Bertz CT molecular complexity index is 373. The average molecular weight is 264 g/mol. The topological polar surface area (TPSA) is 26.3 Å². The molecule has 0 saturated heterocycles. The van der Waals surface area contributed by atoms with Crippen molar-refractivity contribution >= 4 is 17.7 Å². The Morgan fingerprint density at radius 2 is 1.88 bits per heavy atom. The molecule has 94 valence electrons. The van der Waals surface area contributed by atoms with E-state index in [1.807, 2.05) is 0 Å². The van der Waals surface area contributed by atoms with E-state index in [1.165, 1.54) is 24.3 Å². The molecule has 0 unspecified atom stereocenters. The summed E-state index contributed by atoms with van der Waals surface area (Å²) in [6.45, 7) is 1.95. The fourth-order valence-corrected chi connectivity index (χ4v) is 1.73. The SMILES string of the molecule is CCOC(=O)c1ccc(SCC(F)(F)F)cc1. The van der Waals surface area contributed by atoms with E-state index in [0.717, 1.165) is 0 Å². The maximum atomic E-state index is 12.0. The molecule has 0 aliphatic carbocycles. The first-order chi connectivity index (χ1) is 7.92. The first kappa shape index (κ1) is 13.9. The van der Waals surface area contributed by atoms with Crippen molar-refractivity contribution in [3.05, 3.63) is 29.8 Å². The second-order valence-electron chi connectivity index (χ2n) is 3.15. The molecule has 0 amide bonds. The van der Waals surface area contributed by atoms with Crippen LogP contribution in [-0.4, -0.2) is 24.5 Å². The maximum Gasteiger partial charge on any atom is 0.398 e. The summed E-state index contributed by atoms with van der Waals surface area (Å²) in [6, 6.07) is 5.86. The normalized spacial score (nSPS) is 11.3. The summed E-state index contributed by atoms with van der Waals surface area (Å²) >= 11 is 0.684. The van der Waals surface area contributed by atoms with Gasteiger partial charge in [0.25, 0.3) is 0 Å². The number of carbonyl (C=O) groups is 1. The zero-order valence-electron chi connectivity index (χ0n) is 9.08. The number of hydrogen-bond donors (Lipinski definition) is 0. The van der Waals surface area contributed by atoms with Gasteiger partial charge < -0.3 is 4.74 Å². The van der Waals surface area contributed by atoms with Gasteiger partial charge in [-0.05, 0) is 31.2 Å². The van der Waals surface area contributed by atoms with Crippen molar-refractivity contribution in [3.8, 4) is 0 Å². The van der Waals surface area contributed by atoms with Gasteiger partial charge in [0.05, 0.1) is 17.9 Å². The summed E-state index contributed by atoms with van der Waals surface area (Å²) in [5.41, 5.74) is 0.336. The van der Waals surface area contributed by atoms with Crippen molar-refractivity contribution in [1.29, 1.82) is 0 Å². The molecule has 0 aliphatic heterocycles. The van der Waals surface area contributed by atoms with Crippen LogP contribution in [0.1, 0.15) is 17.3 Å². The lowest BCUT2D eigenvalue weighted by Gasteiger charge is -2.06. The highest BCUT2D eigenvalue weighted by molar-refractivity contribution is 7.99. The Hall–Kier alpha value is -1.17. The van der Waals surface area contributed by atoms with Crippen molar-refractivity contribution in [2.24, 2.45) is 0 Å². The van der Waals surface area contributed by atoms with Gasteiger partial charge >= 0.3 is 12.1 Å². The second-order valence-corrected chi connectivity index (χ2v) is 4.20. The number of alkyl halides is 3. The Morgan fingerprint density at radius 1 is 1.29 bits per heavy atom. The summed E-state index contributed by atoms with van der Waals surface area (Å²) in [5.74, 6) is -1.41. The van der Waals surface area contributed by atoms with Crippen LogP contribution in [0.5, 0.6) is 0 Å². The first-order valence-electron chi connectivity index (χ1n) is 4.89. The molecule has 0 bridgehead atoms. The third-order valence-electron chi connectivity index (χ3n) is 1.77. The number of ether oxygens (including phenoxy) is 1. The summed E-state index contributed by atoms with van der Waals surface area (Å²) < 4.78 is 40.6. The van der Waals surface area contributed by atoms with Crippen LogP contribution in [0.25, 0.3) is 0 Å². The van der Waals surface area contributed by atoms with E-state index >= 15 is 0 Å². The van der Waals surface area contributed by atoms with E-state index in [2.05, 4.69) is 0 Å². The smallest absolute Gasteiger partial charge is 0.398 e. The van der Waals surface area contributed by atoms with Crippen LogP contribution < -0.4 is 0 Å². The number of halogens is 3. The van der Waals surface area contributed by atoms with E-state index in [0.29, 0.717) is 22.2 Å². The minimum absolute atomic E-state index is 0.267. The van der Waals surface area contributed by atoms with E-state index in [9.17, 15) is 18.0 Å². The van der Waals surface area contributed by atoms with Crippen LogP contribution in [0.15, 0.2) is 29.2 Å². The van der Waals surface area contributed by atoms with Crippen molar-refractivity contribution < 1.29 is 22.7 Å². The molecule has 0 radical (unpaired) electrons. The van der Waals surface area contributed by atoms with Crippen molar-refractivity contribution in [3.63, 3.8) is 0 Å². The standard InChI is InChI=1S/C11H11F3O2S/c1-2-16-10(15)8-3-5-9(6-4-8)17-7-11(12,13)14/h3-6H,2,7H2,1H3. The van der Waals surface area contributed by atoms with Crippen molar-refractivity contribution in [1.82, 2.24) is 0 Å². The third kappa shape index (κ3) is 5.12. The molecule has 17 heavy (non-hydrogen) atoms. The highest BCUT2D eigenvalue weighted by Gasteiger charge is 2.27. The van der Waals surface area contributed by atoms with Crippen LogP contribution in [0, 0.1) is 0 Å². The highest BCUT2D eigenvalue weighted by atomic mass is 32.2. The molecule has 2 nitrogen and oxygen atoms in total. The van der Waals surface area contributed by atoms with E-state index in [4.69, 9.17) is 4.74 Å². The van der Waals surface area contributed by atoms with Crippen LogP contribution >= 0.6 is 11.8 Å². The van der Waals surface area contributed by atoms with E-state index in [-0.39, 0.29) is 6.61 Å². The monoisotopic (exact) mass is 264 g/mol. The van der Waals surface area contributed by atoms with Gasteiger partial charge in [0.15, 0.2) is 0 Å². The predicted molar refractivity (Wildman–Crippen MR) is 59.2 cm³/mol. The number of hydrogen-bond acceptors (Lipinski definition) is 3. The molecule has 0 atom stereocenters. The molecule has 0 aromatic heterocycles. The number of rotatable bonds is 4. The Labute approximate surface area is 101 Å². The lowest BCUT2D eigenvalue weighted by molar-refractivity contribution is -0.105. The quantitative estimate of drug-likeness (QED) is 0.615. The third-order valence-corrected chi connectivity index (χ3v) is 2.85. The van der Waals surface area contributed by atoms with Crippen LogP contribution in [0.2, 0.25) is 0 Å². The van der Waals surface area contributed by atoms with Gasteiger partial charge in [0.2, 0.25) is 0 Å². The minimum Gasteiger partial charge on any atom is -0.462 e. The van der Waals surface area contributed by atoms with Crippen LogP contribution in [0.3, 0.4) is 0 Å². The molecule has 0 spiro atoms. The molecule has 6 heteroatoms. The van der Waals surface area contributed by atoms with Gasteiger partial charge in [-0.1, -0.05) is 0 Å². The summed E-state index contributed by atoms with van der Waals surface area (Å²) in [7, 11) is 0. The molecule has 1 aromatic rings. The molecule has 0 aliphatic rings. The van der Waals surface area contributed by atoms with Crippen LogP contribution in [0.4, 0.5) is 13.2 Å². The van der Waals surface area contributed by atoms with Gasteiger partial charge in [-0.15, -0.1) is 11.8 Å².